The average Bonchev–Trinajstić information content (AvgIpc) is 2.00. The molecule has 12 heavy (non-hydrogen) atoms. The summed E-state index contributed by atoms with van der Waals surface area (Å²) >= 11 is 0. The molecule has 0 saturated heterocycles. The highest BCUT2D eigenvalue weighted by Gasteiger charge is 2.20. The van der Waals surface area contributed by atoms with Crippen LogP contribution in [-0.4, -0.2) is 29.6 Å². The molecule has 4 heteroatoms. The molecule has 0 radical (unpaired) electrons. The van der Waals surface area contributed by atoms with E-state index in [2.05, 4.69) is 0 Å². The quantitative estimate of drug-likeness (QED) is 0.480. The lowest BCUT2D eigenvalue weighted by Crippen LogP contribution is -2.31. The number of hydrogen-bond donors (Lipinski definition) is 1. The Labute approximate surface area is 71.5 Å². The van der Waals surface area contributed by atoms with Crippen molar-refractivity contribution >= 4 is 12.3 Å². The first-order chi connectivity index (χ1) is 5.52. The van der Waals surface area contributed by atoms with Gasteiger partial charge in [-0.15, -0.1) is 0 Å². The molecule has 0 aliphatic heterocycles. The van der Waals surface area contributed by atoms with Gasteiger partial charge in [-0.2, -0.15) is 0 Å². The van der Waals surface area contributed by atoms with Gasteiger partial charge < -0.3 is 14.6 Å². The summed E-state index contributed by atoms with van der Waals surface area (Å²) in [6.07, 6.45) is 0.903. The van der Waals surface area contributed by atoms with E-state index in [0.717, 1.165) is 0 Å². The zero-order valence-electron chi connectivity index (χ0n) is 7.37. The zero-order valence-corrected chi connectivity index (χ0v) is 7.37. The van der Waals surface area contributed by atoms with Crippen LogP contribution in [0.5, 0.6) is 0 Å². The average molecular weight is 174 g/mol. The lowest BCUT2D eigenvalue weighted by Gasteiger charge is -2.21. The molecule has 4 nitrogen and oxygen atoms in total. The molecular weight excluding hydrogens is 160 g/mol. The topological polar surface area (TPSA) is 63.6 Å². The van der Waals surface area contributed by atoms with E-state index in [1.165, 1.54) is 0 Å². The van der Waals surface area contributed by atoms with Crippen LogP contribution in [0.3, 0.4) is 0 Å². The molecule has 0 aromatic rings. The van der Waals surface area contributed by atoms with Crippen LogP contribution in [0.4, 0.5) is 0 Å². The number of carbonyl (C=O) groups is 2. The van der Waals surface area contributed by atoms with E-state index in [9.17, 15) is 9.59 Å². The summed E-state index contributed by atoms with van der Waals surface area (Å²) in [5.41, 5.74) is -0.847. The number of aldehydes is 1. The summed E-state index contributed by atoms with van der Waals surface area (Å²) in [5.74, 6) is -0.457. The lowest BCUT2D eigenvalue weighted by molar-refractivity contribution is -0.160. The Morgan fingerprint density at radius 1 is 1.58 bits per heavy atom. The second kappa shape index (κ2) is 4.87. The van der Waals surface area contributed by atoms with Crippen molar-refractivity contribution in [3.05, 3.63) is 0 Å². The van der Waals surface area contributed by atoms with Crippen molar-refractivity contribution < 1.29 is 19.4 Å². The highest BCUT2D eigenvalue weighted by molar-refractivity contribution is 5.72. The van der Waals surface area contributed by atoms with Crippen molar-refractivity contribution in [2.75, 3.05) is 6.61 Å². The third-order valence-electron chi connectivity index (χ3n) is 1.24. The number of rotatable bonds is 5. The van der Waals surface area contributed by atoms with Gasteiger partial charge in [0.15, 0.2) is 0 Å². The number of aliphatic hydroxyl groups excluding tert-OH is 1. The maximum Gasteiger partial charge on any atom is 0.306 e. The molecule has 0 aliphatic rings. The van der Waals surface area contributed by atoms with Crippen LogP contribution < -0.4 is 0 Å². The Hall–Kier alpha value is -0.900. The molecule has 0 aromatic carbocycles. The molecule has 0 heterocycles. The molecule has 70 valence electrons. The predicted octanol–water partition coefficient (Wildman–Crippen LogP) is 0.280. The molecule has 1 N–H and O–H groups in total. The van der Waals surface area contributed by atoms with E-state index >= 15 is 0 Å². The number of hydrogen-bond acceptors (Lipinski definition) is 4. The standard InChI is InChI=1S/C8H14O4/c1-8(2,6-10)12-7(11)4-3-5-9/h5,10H,3-4,6H2,1-2H3. The summed E-state index contributed by atoms with van der Waals surface area (Å²) in [6, 6.07) is 0. The monoisotopic (exact) mass is 174 g/mol. The van der Waals surface area contributed by atoms with E-state index in [1.807, 2.05) is 0 Å². The Bertz CT molecular complexity index is 162. The molecule has 0 bridgehead atoms. The molecule has 0 atom stereocenters. The summed E-state index contributed by atoms with van der Waals surface area (Å²) in [7, 11) is 0. The summed E-state index contributed by atoms with van der Waals surface area (Å²) in [5, 5.41) is 8.72. The minimum Gasteiger partial charge on any atom is -0.457 e. The molecule has 0 rings (SSSR count). The van der Waals surface area contributed by atoms with Crippen molar-refractivity contribution in [1.82, 2.24) is 0 Å². The highest BCUT2D eigenvalue weighted by Crippen LogP contribution is 2.09. The SMILES string of the molecule is CC(C)(CO)OC(=O)CCC=O. The lowest BCUT2D eigenvalue weighted by atomic mass is 10.1. The number of carbonyl (C=O) groups excluding carboxylic acids is 2. The van der Waals surface area contributed by atoms with Crippen LogP contribution in [0.15, 0.2) is 0 Å². The highest BCUT2D eigenvalue weighted by atomic mass is 16.6. The Balaban J connectivity index is 3.75. The van der Waals surface area contributed by atoms with Gasteiger partial charge in [0.25, 0.3) is 0 Å². The third kappa shape index (κ3) is 4.85. The molecule has 0 unspecified atom stereocenters. The van der Waals surface area contributed by atoms with Crippen molar-refractivity contribution in [1.29, 1.82) is 0 Å². The van der Waals surface area contributed by atoms with Crippen LogP contribution >= 0.6 is 0 Å². The first-order valence-corrected chi connectivity index (χ1v) is 3.78. The number of ether oxygens (including phenoxy) is 1. The van der Waals surface area contributed by atoms with E-state index in [1.54, 1.807) is 13.8 Å². The molecular formula is C8H14O4. The molecule has 0 amide bonds. The third-order valence-corrected chi connectivity index (χ3v) is 1.24. The number of esters is 1. The molecule has 0 spiro atoms. The Morgan fingerprint density at radius 3 is 2.58 bits per heavy atom. The predicted molar refractivity (Wildman–Crippen MR) is 42.6 cm³/mol. The van der Waals surface area contributed by atoms with Gasteiger partial charge in [0, 0.05) is 6.42 Å². The Morgan fingerprint density at radius 2 is 2.17 bits per heavy atom. The summed E-state index contributed by atoms with van der Waals surface area (Å²) < 4.78 is 4.84. The molecule has 0 saturated carbocycles. The van der Waals surface area contributed by atoms with Crippen molar-refractivity contribution in [2.45, 2.75) is 32.3 Å². The zero-order chi connectivity index (χ0) is 9.61. The smallest absolute Gasteiger partial charge is 0.306 e. The van der Waals surface area contributed by atoms with E-state index < -0.39 is 11.6 Å². The fourth-order valence-electron chi connectivity index (χ4n) is 0.568. The van der Waals surface area contributed by atoms with Gasteiger partial charge in [-0.25, -0.2) is 0 Å². The summed E-state index contributed by atoms with van der Waals surface area (Å²) in [4.78, 5) is 20.8. The first kappa shape index (κ1) is 11.1. The molecule has 0 fully saturated rings. The van der Waals surface area contributed by atoms with Gasteiger partial charge in [-0.1, -0.05) is 0 Å². The fourth-order valence-corrected chi connectivity index (χ4v) is 0.568. The fraction of sp³-hybridized carbons (Fsp3) is 0.750. The second-order valence-electron chi connectivity index (χ2n) is 3.10. The van der Waals surface area contributed by atoms with Gasteiger partial charge in [0.1, 0.15) is 11.9 Å². The van der Waals surface area contributed by atoms with Crippen LogP contribution in [0, 0.1) is 0 Å². The molecule has 0 aromatic heterocycles. The Kier molecular flexibility index (Phi) is 4.51. The van der Waals surface area contributed by atoms with Crippen LogP contribution in [0.25, 0.3) is 0 Å². The molecule has 0 aliphatic carbocycles. The van der Waals surface area contributed by atoms with Crippen molar-refractivity contribution in [2.24, 2.45) is 0 Å². The van der Waals surface area contributed by atoms with Crippen LogP contribution in [0.1, 0.15) is 26.7 Å². The second-order valence-corrected chi connectivity index (χ2v) is 3.10. The van der Waals surface area contributed by atoms with E-state index in [0.29, 0.717) is 6.29 Å². The van der Waals surface area contributed by atoms with Gasteiger partial charge in [-0.05, 0) is 13.8 Å². The van der Waals surface area contributed by atoms with Crippen LogP contribution in [-0.2, 0) is 14.3 Å². The van der Waals surface area contributed by atoms with E-state index in [-0.39, 0.29) is 19.4 Å². The first-order valence-electron chi connectivity index (χ1n) is 3.78. The largest absolute Gasteiger partial charge is 0.457 e. The maximum absolute atomic E-state index is 10.9. The van der Waals surface area contributed by atoms with Crippen LogP contribution in [0.2, 0.25) is 0 Å². The maximum atomic E-state index is 10.9. The van der Waals surface area contributed by atoms with Gasteiger partial charge in [-0.3, -0.25) is 4.79 Å². The summed E-state index contributed by atoms with van der Waals surface area (Å²) in [6.45, 7) is 2.98. The van der Waals surface area contributed by atoms with E-state index in [4.69, 9.17) is 9.84 Å². The minimum atomic E-state index is -0.847. The minimum absolute atomic E-state index is 0.0763. The van der Waals surface area contributed by atoms with Gasteiger partial charge >= 0.3 is 5.97 Å². The number of aliphatic hydroxyl groups is 1. The van der Waals surface area contributed by atoms with Gasteiger partial charge in [0.2, 0.25) is 0 Å². The van der Waals surface area contributed by atoms with Gasteiger partial charge in [0.05, 0.1) is 13.0 Å². The normalized spacial score (nSPS) is 10.9. The van der Waals surface area contributed by atoms with Crippen molar-refractivity contribution in [3.8, 4) is 0 Å². The van der Waals surface area contributed by atoms with Crippen molar-refractivity contribution in [3.63, 3.8) is 0 Å².